The Morgan fingerprint density at radius 2 is 1.05 bits per heavy atom. The van der Waals surface area contributed by atoms with Crippen LogP contribution >= 0.6 is 21.6 Å². The Labute approximate surface area is 223 Å². The van der Waals surface area contributed by atoms with Gasteiger partial charge in [0.15, 0.2) is 0 Å². The van der Waals surface area contributed by atoms with E-state index in [1.165, 1.54) is 0 Å². The molecule has 0 aliphatic carbocycles. The Hall–Kier alpha value is -3.58. The molecule has 17 nitrogen and oxygen atoms in total. The Bertz CT molecular complexity index is 903. The van der Waals surface area contributed by atoms with Gasteiger partial charge in [-0.25, -0.2) is 0 Å². The van der Waals surface area contributed by atoms with Gasteiger partial charge in [0.05, 0.1) is 6.42 Å². The van der Waals surface area contributed by atoms with Crippen molar-refractivity contribution in [3.63, 3.8) is 0 Å². The van der Waals surface area contributed by atoms with Crippen molar-refractivity contribution in [2.24, 2.45) is 5.73 Å². The lowest BCUT2D eigenvalue weighted by molar-refractivity contribution is -0.139. The fourth-order valence-corrected chi connectivity index (χ4v) is 4.66. The summed E-state index contributed by atoms with van der Waals surface area (Å²) >= 11 is 0. The second kappa shape index (κ2) is 18.6. The van der Waals surface area contributed by atoms with Gasteiger partial charge in [-0.2, -0.15) is 0 Å². The van der Waals surface area contributed by atoms with E-state index in [0.717, 1.165) is 21.6 Å². The molecule has 0 bridgehead atoms. The molecule has 0 aliphatic rings. The summed E-state index contributed by atoms with van der Waals surface area (Å²) in [5, 5.41) is 43.8. The molecule has 10 N–H and O–H groups in total. The molecule has 0 saturated carbocycles. The van der Waals surface area contributed by atoms with Gasteiger partial charge >= 0.3 is 23.9 Å². The third kappa shape index (κ3) is 17.0. The number of carboxylic acids is 4. The summed E-state index contributed by atoms with van der Waals surface area (Å²) in [6.45, 7) is -1.47. The fourth-order valence-electron chi connectivity index (χ4n) is 2.33. The number of amides is 4. The molecule has 19 heteroatoms. The molecule has 0 aromatic carbocycles. The van der Waals surface area contributed by atoms with Gasteiger partial charge in [-0.3, -0.25) is 38.4 Å². The number of rotatable bonds is 20. The summed E-state index contributed by atoms with van der Waals surface area (Å²) in [6.07, 6.45) is -1.48. The van der Waals surface area contributed by atoms with Crippen LogP contribution in [0.3, 0.4) is 0 Å². The zero-order valence-corrected chi connectivity index (χ0v) is 21.5. The number of aliphatic carboxylic acids is 4. The Morgan fingerprint density at radius 1 is 0.632 bits per heavy atom. The van der Waals surface area contributed by atoms with Crippen LogP contribution in [0.5, 0.6) is 0 Å². The molecule has 0 aliphatic heterocycles. The number of carbonyl (C=O) groups excluding carboxylic acids is 4. The van der Waals surface area contributed by atoms with Gasteiger partial charge < -0.3 is 47.4 Å². The highest BCUT2D eigenvalue weighted by atomic mass is 33.1. The van der Waals surface area contributed by atoms with Gasteiger partial charge in [0.2, 0.25) is 23.6 Å². The number of carbonyl (C=O) groups is 8. The number of nitrogens with two attached hydrogens (primary N) is 1. The summed E-state index contributed by atoms with van der Waals surface area (Å²) < 4.78 is 0. The van der Waals surface area contributed by atoms with E-state index in [1.54, 1.807) is 0 Å². The van der Waals surface area contributed by atoms with Crippen LogP contribution in [0.1, 0.15) is 25.7 Å². The molecule has 3 atom stereocenters. The van der Waals surface area contributed by atoms with Crippen molar-refractivity contribution >= 4 is 69.1 Å². The van der Waals surface area contributed by atoms with Crippen molar-refractivity contribution in [3.05, 3.63) is 0 Å². The molecule has 0 saturated heterocycles. The lowest BCUT2D eigenvalue weighted by Gasteiger charge is -2.20. The molecular weight excluding hydrogens is 554 g/mol. The minimum absolute atomic E-state index is 0.150. The number of carboxylic acid groups (broad SMARTS) is 4. The fraction of sp³-hybridized carbons (Fsp3) is 0.579. The molecule has 3 unspecified atom stereocenters. The predicted octanol–water partition coefficient (Wildman–Crippen LogP) is -3.20. The zero-order valence-electron chi connectivity index (χ0n) is 19.8. The Morgan fingerprint density at radius 3 is 1.42 bits per heavy atom. The molecule has 214 valence electrons. The highest BCUT2D eigenvalue weighted by molar-refractivity contribution is 8.76. The Balaban J connectivity index is 5.12. The van der Waals surface area contributed by atoms with Gasteiger partial charge in [-0.05, 0) is 6.42 Å². The second-order valence-electron chi connectivity index (χ2n) is 7.41. The van der Waals surface area contributed by atoms with Crippen molar-refractivity contribution < 1.29 is 58.8 Å². The van der Waals surface area contributed by atoms with Gasteiger partial charge in [0.1, 0.15) is 31.2 Å². The van der Waals surface area contributed by atoms with Gasteiger partial charge in [0.25, 0.3) is 0 Å². The Kier molecular flexibility index (Phi) is 16.9. The molecule has 0 rings (SSSR count). The first kappa shape index (κ1) is 34.4. The van der Waals surface area contributed by atoms with Crippen LogP contribution in [-0.4, -0.2) is 111 Å². The normalized spacial score (nSPS) is 12.8. The van der Waals surface area contributed by atoms with Crippen molar-refractivity contribution in [2.75, 3.05) is 24.6 Å². The lowest BCUT2D eigenvalue weighted by Crippen LogP contribution is -2.50. The van der Waals surface area contributed by atoms with E-state index < -0.39 is 91.6 Å². The highest BCUT2D eigenvalue weighted by Gasteiger charge is 2.25. The average molecular weight is 584 g/mol. The molecule has 0 aromatic rings. The van der Waals surface area contributed by atoms with E-state index in [2.05, 4.69) is 21.3 Å². The molecule has 38 heavy (non-hydrogen) atoms. The maximum atomic E-state index is 12.3. The summed E-state index contributed by atoms with van der Waals surface area (Å²) in [5.74, 6) is -8.75. The smallest absolute Gasteiger partial charge is 0.322 e. The maximum Gasteiger partial charge on any atom is 0.322 e. The van der Waals surface area contributed by atoms with E-state index >= 15 is 0 Å². The van der Waals surface area contributed by atoms with Crippen LogP contribution in [0, 0.1) is 0 Å². The summed E-state index contributed by atoms with van der Waals surface area (Å²) in [7, 11) is 1.89. The monoisotopic (exact) mass is 583 g/mol. The highest BCUT2D eigenvalue weighted by Crippen LogP contribution is 2.23. The minimum Gasteiger partial charge on any atom is -0.481 e. The standard InChI is InChI=1S/C19H29N5O12S2/c20-9(19(35)36)1-2-12(25)23-10(17(33)21-5-15(29)30)7-37-38-8-11(18(34)22-6-16(31)32)24-13(26)3-4-14(27)28/h9-11H,1-8,20H2,(H,21,33)(H,22,34)(H,23,25)(H,24,26)(H,27,28)(H,29,30)(H,31,32)(H,35,36). The first-order valence-corrected chi connectivity index (χ1v) is 13.2. The average Bonchev–Trinajstić information content (AvgIpc) is 2.83. The van der Waals surface area contributed by atoms with Crippen LogP contribution in [0.15, 0.2) is 0 Å². The van der Waals surface area contributed by atoms with E-state index in [4.69, 9.17) is 26.2 Å². The third-order valence-corrected chi connectivity index (χ3v) is 6.67. The van der Waals surface area contributed by atoms with Crippen LogP contribution in [0.2, 0.25) is 0 Å². The van der Waals surface area contributed by atoms with Crippen molar-refractivity contribution in [2.45, 2.75) is 43.8 Å². The summed E-state index contributed by atoms with van der Waals surface area (Å²) in [4.78, 5) is 91.6. The van der Waals surface area contributed by atoms with E-state index in [-0.39, 0.29) is 24.3 Å². The van der Waals surface area contributed by atoms with Crippen molar-refractivity contribution in [3.8, 4) is 0 Å². The van der Waals surface area contributed by atoms with Crippen molar-refractivity contribution in [1.82, 2.24) is 21.3 Å². The van der Waals surface area contributed by atoms with Gasteiger partial charge in [0, 0.05) is 24.3 Å². The molecule has 0 aromatic heterocycles. The van der Waals surface area contributed by atoms with E-state index in [0.29, 0.717) is 0 Å². The van der Waals surface area contributed by atoms with E-state index in [9.17, 15) is 38.4 Å². The quantitative estimate of drug-likeness (QED) is 0.0503. The predicted molar refractivity (Wildman–Crippen MR) is 132 cm³/mol. The third-order valence-electron chi connectivity index (χ3n) is 4.25. The number of hydrogen-bond donors (Lipinski definition) is 9. The number of hydrogen-bond acceptors (Lipinski definition) is 11. The second-order valence-corrected chi connectivity index (χ2v) is 9.96. The van der Waals surface area contributed by atoms with Crippen LogP contribution in [0.25, 0.3) is 0 Å². The van der Waals surface area contributed by atoms with Crippen LogP contribution in [0.4, 0.5) is 0 Å². The maximum absolute atomic E-state index is 12.3. The molecule has 0 spiro atoms. The van der Waals surface area contributed by atoms with Crippen molar-refractivity contribution in [1.29, 1.82) is 0 Å². The van der Waals surface area contributed by atoms with Gasteiger partial charge in [-0.15, -0.1) is 0 Å². The number of nitrogens with one attached hydrogen (secondary N) is 4. The molecule has 0 radical (unpaired) electrons. The largest absolute Gasteiger partial charge is 0.481 e. The van der Waals surface area contributed by atoms with Crippen LogP contribution in [-0.2, 0) is 38.4 Å². The lowest BCUT2D eigenvalue weighted by atomic mass is 10.1. The molecular formula is C19H29N5O12S2. The van der Waals surface area contributed by atoms with Crippen LogP contribution < -0.4 is 27.0 Å². The van der Waals surface area contributed by atoms with Gasteiger partial charge in [-0.1, -0.05) is 21.6 Å². The molecule has 0 heterocycles. The van der Waals surface area contributed by atoms with E-state index in [1.807, 2.05) is 0 Å². The summed E-state index contributed by atoms with van der Waals surface area (Å²) in [5.41, 5.74) is 5.34. The molecule has 0 fully saturated rings. The minimum atomic E-state index is -1.34. The summed E-state index contributed by atoms with van der Waals surface area (Å²) in [6, 6.07) is -3.83. The first-order valence-electron chi connectivity index (χ1n) is 10.7. The first-order chi connectivity index (χ1) is 17.7. The molecule has 4 amide bonds. The SMILES string of the molecule is NC(CCC(=O)NC(CSSCC(NC(=O)CCC(=O)O)C(=O)NCC(=O)O)C(=O)NCC(=O)O)C(=O)O. The topological polar surface area (TPSA) is 292 Å². The zero-order chi connectivity index (χ0) is 29.3.